The Bertz CT molecular complexity index is 827. The predicted octanol–water partition coefficient (Wildman–Crippen LogP) is 2.43. The van der Waals surface area contributed by atoms with Crippen molar-refractivity contribution >= 4 is 0 Å². The minimum atomic E-state index is -1.11. The van der Waals surface area contributed by atoms with Crippen molar-refractivity contribution in [2.24, 2.45) is 11.8 Å². The smallest absolute Gasteiger partial charge is 0.161 e. The van der Waals surface area contributed by atoms with Gasteiger partial charge < -0.3 is 38.6 Å². The maximum Gasteiger partial charge on any atom is 0.161 e. The van der Waals surface area contributed by atoms with Crippen molar-refractivity contribution in [2.45, 2.75) is 24.8 Å². The second-order valence-electron chi connectivity index (χ2n) is 7.28. The van der Waals surface area contributed by atoms with Crippen LogP contribution >= 0.6 is 0 Å². The van der Waals surface area contributed by atoms with Gasteiger partial charge in [-0.05, 0) is 35.4 Å². The Morgan fingerprint density at radius 2 is 0.967 bits per heavy atom. The van der Waals surface area contributed by atoms with Crippen molar-refractivity contribution in [1.29, 1.82) is 0 Å². The molecule has 0 aliphatic carbocycles. The number of aliphatic hydroxyl groups excluding tert-OH is 2. The van der Waals surface area contributed by atoms with Crippen molar-refractivity contribution in [3.63, 3.8) is 0 Å². The Morgan fingerprint density at radius 1 is 0.600 bits per heavy atom. The summed E-state index contributed by atoms with van der Waals surface area (Å²) in [6, 6.07) is 10.8. The molecule has 30 heavy (non-hydrogen) atoms. The Morgan fingerprint density at radius 3 is 1.30 bits per heavy atom. The SMILES string of the molecule is COc1ccc([C@H]2O[C@@H](O)[C@H]3[C@@H]2[C@@H](O)O[C@H]3c2ccc(OC)c(OC)c2)cc1OC. The van der Waals surface area contributed by atoms with Crippen LogP contribution in [-0.4, -0.2) is 51.2 Å². The van der Waals surface area contributed by atoms with Gasteiger partial charge in [0.1, 0.15) is 0 Å². The Hall–Kier alpha value is -2.52. The van der Waals surface area contributed by atoms with Gasteiger partial charge in [0, 0.05) is 0 Å². The van der Waals surface area contributed by atoms with Crippen LogP contribution in [0.15, 0.2) is 36.4 Å². The molecule has 2 aliphatic rings. The topological polar surface area (TPSA) is 95.8 Å². The Labute approximate surface area is 174 Å². The number of benzene rings is 2. The predicted molar refractivity (Wildman–Crippen MR) is 106 cm³/mol. The molecule has 0 amide bonds. The molecule has 8 heteroatoms. The van der Waals surface area contributed by atoms with Crippen LogP contribution in [0.25, 0.3) is 0 Å². The summed E-state index contributed by atoms with van der Waals surface area (Å²) in [7, 11) is 6.22. The molecule has 0 aromatic heterocycles. The standard InChI is InChI=1S/C22H26O8/c1-25-13-7-5-11(9-15(13)27-3)19-17-18(22(24)29-19)20(30-21(17)23)12-6-8-14(26-2)16(10-12)28-4/h5-10,17-24H,1-4H3/t17-,18-,19-,20+,21+,22-/m0/s1. The maximum atomic E-state index is 10.7. The lowest BCUT2D eigenvalue weighted by Gasteiger charge is -2.21. The summed E-state index contributed by atoms with van der Waals surface area (Å²) in [4.78, 5) is 0. The van der Waals surface area contributed by atoms with Crippen molar-refractivity contribution in [2.75, 3.05) is 28.4 Å². The fraction of sp³-hybridized carbons (Fsp3) is 0.455. The van der Waals surface area contributed by atoms with E-state index in [0.717, 1.165) is 11.1 Å². The van der Waals surface area contributed by atoms with Crippen LogP contribution < -0.4 is 18.9 Å². The highest BCUT2D eigenvalue weighted by molar-refractivity contribution is 5.45. The van der Waals surface area contributed by atoms with Gasteiger partial charge >= 0.3 is 0 Å². The van der Waals surface area contributed by atoms with Crippen molar-refractivity contribution in [1.82, 2.24) is 0 Å². The zero-order valence-corrected chi connectivity index (χ0v) is 17.3. The summed E-state index contributed by atoms with van der Waals surface area (Å²) in [5.41, 5.74) is 1.52. The number of fused-ring (bicyclic) bond motifs is 1. The number of hydrogen-bond acceptors (Lipinski definition) is 8. The van der Waals surface area contributed by atoms with Gasteiger partial charge in [0.15, 0.2) is 35.6 Å². The van der Waals surface area contributed by atoms with E-state index in [-0.39, 0.29) is 0 Å². The van der Waals surface area contributed by atoms with Gasteiger partial charge in [0.05, 0.1) is 52.5 Å². The number of methoxy groups -OCH3 is 4. The highest BCUT2D eigenvalue weighted by atomic mass is 16.7. The van der Waals surface area contributed by atoms with Crippen LogP contribution in [0.4, 0.5) is 0 Å². The molecule has 2 fully saturated rings. The lowest BCUT2D eigenvalue weighted by molar-refractivity contribution is -0.173. The number of aliphatic hydroxyl groups is 2. The van der Waals surface area contributed by atoms with E-state index in [2.05, 4.69) is 0 Å². The van der Waals surface area contributed by atoms with Gasteiger partial charge in [-0.3, -0.25) is 0 Å². The van der Waals surface area contributed by atoms with E-state index >= 15 is 0 Å². The van der Waals surface area contributed by atoms with Crippen LogP contribution in [0.3, 0.4) is 0 Å². The number of rotatable bonds is 6. The molecule has 2 aromatic carbocycles. The number of hydrogen-bond donors (Lipinski definition) is 2. The first-order chi connectivity index (χ1) is 14.5. The molecule has 0 unspecified atom stereocenters. The molecule has 0 spiro atoms. The van der Waals surface area contributed by atoms with Crippen LogP contribution in [0.2, 0.25) is 0 Å². The molecule has 2 saturated heterocycles. The lowest BCUT2D eigenvalue weighted by Crippen LogP contribution is -2.23. The molecule has 2 N–H and O–H groups in total. The summed E-state index contributed by atoms with van der Waals surface area (Å²) >= 11 is 0. The molecule has 0 bridgehead atoms. The average molecular weight is 418 g/mol. The van der Waals surface area contributed by atoms with E-state index in [1.165, 1.54) is 0 Å². The summed E-state index contributed by atoms with van der Waals surface area (Å²) in [5.74, 6) is 1.33. The largest absolute Gasteiger partial charge is 0.493 e. The van der Waals surface area contributed by atoms with Crippen molar-refractivity contribution in [3.8, 4) is 23.0 Å². The fourth-order valence-corrected chi connectivity index (χ4v) is 4.41. The van der Waals surface area contributed by atoms with Crippen LogP contribution in [0.1, 0.15) is 23.3 Å². The van der Waals surface area contributed by atoms with Gasteiger partial charge in [-0.15, -0.1) is 0 Å². The van der Waals surface area contributed by atoms with E-state index in [9.17, 15) is 10.2 Å². The maximum absolute atomic E-state index is 10.7. The Balaban J connectivity index is 1.66. The van der Waals surface area contributed by atoms with Gasteiger partial charge in [-0.2, -0.15) is 0 Å². The third kappa shape index (κ3) is 3.35. The molecular formula is C22H26O8. The first-order valence-corrected chi connectivity index (χ1v) is 9.63. The monoisotopic (exact) mass is 418 g/mol. The molecule has 4 rings (SSSR count). The van der Waals surface area contributed by atoms with Gasteiger partial charge in [0.2, 0.25) is 0 Å². The molecule has 162 valence electrons. The van der Waals surface area contributed by atoms with E-state index in [0.29, 0.717) is 23.0 Å². The van der Waals surface area contributed by atoms with Crippen LogP contribution in [0.5, 0.6) is 23.0 Å². The fourth-order valence-electron chi connectivity index (χ4n) is 4.41. The molecular weight excluding hydrogens is 392 g/mol. The van der Waals surface area contributed by atoms with E-state index in [1.807, 2.05) is 12.1 Å². The van der Waals surface area contributed by atoms with Crippen LogP contribution in [0, 0.1) is 11.8 Å². The van der Waals surface area contributed by atoms with E-state index < -0.39 is 36.6 Å². The first kappa shape index (κ1) is 20.7. The average Bonchev–Trinajstić information content (AvgIpc) is 3.30. The molecule has 2 heterocycles. The van der Waals surface area contributed by atoms with Gasteiger partial charge in [-0.1, -0.05) is 12.1 Å². The molecule has 8 nitrogen and oxygen atoms in total. The van der Waals surface area contributed by atoms with Crippen LogP contribution in [-0.2, 0) is 9.47 Å². The first-order valence-electron chi connectivity index (χ1n) is 9.63. The van der Waals surface area contributed by atoms with Crippen molar-refractivity contribution < 1.29 is 38.6 Å². The number of ether oxygens (including phenoxy) is 6. The zero-order valence-electron chi connectivity index (χ0n) is 17.3. The van der Waals surface area contributed by atoms with Gasteiger partial charge in [0.25, 0.3) is 0 Å². The molecule has 2 aliphatic heterocycles. The lowest BCUT2D eigenvalue weighted by atomic mass is 9.83. The summed E-state index contributed by atoms with van der Waals surface area (Å²) in [5, 5.41) is 21.4. The molecule has 6 atom stereocenters. The second kappa shape index (κ2) is 8.31. The van der Waals surface area contributed by atoms with E-state index in [4.69, 9.17) is 28.4 Å². The highest BCUT2D eigenvalue weighted by Crippen LogP contribution is 2.55. The molecule has 2 aromatic rings. The second-order valence-corrected chi connectivity index (χ2v) is 7.28. The normalized spacial score (nSPS) is 30.1. The minimum Gasteiger partial charge on any atom is -0.493 e. The highest BCUT2D eigenvalue weighted by Gasteiger charge is 2.57. The molecule has 0 saturated carbocycles. The summed E-state index contributed by atoms with van der Waals surface area (Å²) in [6.07, 6.45) is -3.35. The zero-order chi connectivity index (χ0) is 21.4. The van der Waals surface area contributed by atoms with Crippen molar-refractivity contribution in [3.05, 3.63) is 47.5 Å². The third-order valence-electron chi connectivity index (χ3n) is 5.85. The van der Waals surface area contributed by atoms with E-state index in [1.54, 1.807) is 52.7 Å². The summed E-state index contributed by atoms with van der Waals surface area (Å²) < 4.78 is 33.1. The molecule has 0 radical (unpaired) electrons. The third-order valence-corrected chi connectivity index (χ3v) is 5.85. The minimum absolute atomic E-state index is 0.462. The Kier molecular flexibility index (Phi) is 5.75. The van der Waals surface area contributed by atoms with Gasteiger partial charge in [-0.25, -0.2) is 0 Å². The quantitative estimate of drug-likeness (QED) is 0.739. The summed E-state index contributed by atoms with van der Waals surface area (Å²) in [6.45, 7) is 0.